The summed E-state index contributed by atoms with van der Waals surface area (Å²) in [4.78, 5) is 11.2. The summed E-state index contributed by atoms with van der Waals surface area (Å²) in [5.74, 6) is 2.75. The third-order valence-corrected chi connectivity index (χ3v) is 4.04. The number of nitrogens with zero attached hydrogens (tertiary/aromatic N) is 3. The Hall–Kier alpha value is -1.36. The van der Waals surface area contributed by atoms with Gasteiger partial charge in [-0.05, 0) is 32.6 Å². The number of piperidine rings is 1. The molecule has 1 atom stereocenters. The molecule has 0 aromatic carbocycles. The number of hydrogen-bond acceptors (Lipinski definition) is 5. The van der Waals surface area contributed by atoms with Crippen molar-refractivity contribution in [1.82, 2.24) is 9.97 Å². The van der Waals surface area contributed by atoms with Gasteiger partial charge >= 0.3 is 0 Å². The summed E-state index contributed by atoms with van der Waals surface area (Å²) in [5, 5.41) is 9.65. The minimum atomic E-state index is -0.218. The second-order valence-electron chi connectivity index (χ2n) is 5.39. The fourth-order valence-electron chi connectivity index (χ4n) is 2.63. The van der Waals surface area contributed by atoms with Crippen molar-refractivity contribution >= 4 is 11.6 Å². The quantitative estimate of drug-likeness (QED) is 0.866. The highest BCUT2D eigenvalue weighted by atomic mass is 16.3. The number of nitrogens with two attached hydrogens (primary N) is 1. The van der Waals surface area contributed by atoms with Crippen LogP contribution in [0, 0.1) is 12.8 Å². The summed E-state index contributed by atoms with van der Waals surface area (Å²) >= 11 is 0. The molecule has 0 saturated carbocycles. The molecular formula is C14H24N4O. The minimum absolute atomic E-state index is 0.218. The van der Waals surface area contributed by atoms with Crippen molar-refractivity contribution in [2.24, 2.45) is 5.92 Å². The first-order valence-corrected chi connectivity index (χ1v) is 7.09. The zero-order valence-electron chi connectivity index (χ0n) is 12.1. The maximum atomic E-state index is 9.65. The van der Waals surface area contributed by atoms with Crippen LogP contribution in [0.25, 0.3) is 0 Å². The molecule has 0 spiro atoms. The molecule has 5 heteroatoms. The van der Waals surface area contributed by atoms with Gasteiger partial charge in [-0.3, -0.25) is 0 Å². The van der Waals surface area contributed by atoms with E-state index in [0.717, 1.165) is 49.6 Å². The lowest BCUT2D eigenvalue weighted by Gasteiger charge is -2.35. The largest absolute Gasteiger partial charge is 0.393 e. The Labute approximate surface area is 114 Å². The molecule has 1 aromatic rings. The van der Waals surface area contributed by atoms with E-state index in [4.69, 9.17) is 5.73 Å². The number of nitrogen functional groups attached to an aromatic ring is 1. The van der Waals surface area contributed by atoms with Crippen LogP contribution in [0.4, 0.5) is 11.6 Å². The van der Waals surface area contributed by atoms with Crippen LogP contribution < -0.4 is 10.6 Å². The lowest BCUT2D eigenvalue weighted by atomic mass is 9.92. The smallest absolute Gasteiger partial charge is 0.137 e. The number of aliphatic hydroxyl groups excluding tert-OH is 1. The summed E-state index contributed by atoms with van der Waals surface area (Å²) in [6.45, 7) is 7.74. The number of aryl methyl sites for hydroxylation is 1. The topological polar surface area (TPSA) is 75.3 Å². The maximum Gasteiger partial charge on any atom is 0.137 e. The third kappa shape index (κ3) is 2.97. The zero-order chi connectivity index (χ0) is 14.0. The fraction of sp³-hybridized carbons (Fsp3) is 0.714. The summed E-state index contributed by atoms with van der Waals surface area (Å²) in [5.41, 5.74) is 6.93. The first-order chi connectivity index (χ1) is 9.02. The average Bonchev–Trinajstić information content (AvgIpc) is 2.41. The van der Waals surface area contributed by atoms with Gasteiger partial charge in [0.1, 0.15) is 17.5 Å². The zero-order valence-corrected chi connectivity index (χ0v) is 12.1. The normalized spacial score (nSPS) is 18.6. The summed E-state index contributed by atoms with van der Waals surface area (Å²) in [7, 11) is 0. The number of rotatable bonds is 3. The fourth-order valence-corrected chi connectivity index (χ4v) is 2.63. The van der Waals surface area contributed by atoms with E-state index < -0.39 is 0 Å². The third-order valence-electron chi connectivity index (χ3n) is 4.04. The molecule has 1 aromatic heterocycles. The lowest BCUT2D eigenvalue weighted by Crippen LogP contribution is -2.38. The monoisotopic (exact) mass is 264 g/mol. The second-order valence-corrected chi connectivity index (χ2v) is 5.39. The molecule has 2 heterocycles. The van der Waals surface area contributed by atoms with E-state index in [2.05, 4.69) is 14.9 Å². The van der Waals surface area contributed by atoms with Crippen molar-refractivity contribution in [2.45, 2.75) is 46.1 Å². The highest BCUT2D eigenvalue weighted by Gasteiger charge is 2.25. The van der Waals surface area contributed by atoms with Crippen LogP contribution in [-0.2, 0) is 6.42 Å². The molecule has 1 aliphatic rings. The number of aromatic nitrogens is 2. The molecule has 106 valence electrons. The van der Waals surface area contributed by atoms with Crippen molar-refractivity contribution in [3.05, 3.63) is 11.4 Å². The van der Waals surface area contributed by atoms with Gasteiger partial charge in [0.2, 0.25) is 0 Å². The van der Waals surface area contributed by atoms with Gasteiger partial charge in [0, 0.05) is 25.1 Å². The Bertz CT molecular complexity index is 439. The highest BCUT2D eigenvalue weighted by molar-refractivity contribution is 5.56. The minimum Gasteiger partial charge on any atom is -0.393 e. The Morgan fingerprint density at radius 2 is 2.00 bits per heavy atom. The second kappa shape index (κ2) is 5.74. The van der Waals surface area contributed by atoms with Gasteiger partial charge in [0.25, 0.3) is 0 Å². The number of anilines is 2. The molecule has 0 radical (unpaired) electrons. The van der Waals surface area contributed by atoms with Gasteiger partial charge in [0.05, 0.1) is 6.10 Å². The van der Waals surface area contributed by atoms with E-state index in [0.29, 0.717) is 11.7 Å². The predicted octanol–water partition coefficient (Wildman–Crippen LogP) is 1.53. The van der Waals surface area contributed by atoms with Gasteiger partial charge in [-0.2, -0.15) is 0 Å². The molecule has 19 heavy (non-hydrogen) atoms. The SMILES string of the molecule is CCc1nc(N)c(C)c(N2CCC(C(C)O)CC2)n1. The molecule has 1 unspecified atom stereocenters. The number of hydrogen-bond donors (Lipinski definition) is 2. The molecule has 0 amide bonds. The van der Waals surface area contributed by atoms with Crippen molar-refractivity contribution in [3.63, 3.8) is 0 Å². The standard InChI is InChI=1S/C14H24N4O/c1-4-12-16-13(15)9(2)14(17-12)18-7-5-11(6-8-18)10(3)19/h10-11,19H,4-8H2,1-3H3,(H2,15,16,17). The van der Waals surface area contributed by atoms with E-state index in [1.165, 1.54) is 0 Å². The van der Waals surface area contributed by atoms with Gasteiger partial charge in [-0.15, -0.1) is 0 Å². The van der Waals surface area contributed by atoms with Crippen LogP contribution in [0.1, 0.15) is 38.1 Å². The molecule has 0 aliphatic carbocycles. The molecule has 1 saturated heterocycles. The van der Waals surface area contributed by atoms with Crippen molar-refractivity contribution < 1.29 is 5.11 Å². The predicted molar refractivity (Wildman–Crippen MR) is 77.2 cm³/mol. The first kappa shape index (κ1) is 14.1. The van der Waals surface area contributed by atoms with E-state index in [-0.39, 0.29) is 6.10 Å². The Kier molecular flexibility index (Phi) is 4.24. The first-order valence-electron chi connectivity index (χ1n) is 7.09. The molecule has 3 N–H and O–H groups in total. The van der Waals surface area contributed by atoms with Crippen LogP contribution in [0.15, 0.2) is 0 Å². The molecule has 5 nitrogen and oxygen atoms in total. The summed E-state index contributed by atoms with van der Waals surface area (Å²) < 4.78 is 0. The van der Waals surface area contributed by atoms with Crippen molar-refractivity contribution in [3.8, 4) is 0 Å². The van der Waals surface area contributed by atoms with E-state index in [1.54, 1.807) is 0 Å². The average molecular weight is 264 g/mol. The maximum absolute atomic E-state index is 9.65. The molecular weight excluding hydrogens is 240 g/mol. The van der Waals surface area contributed by atoms with Crippen LogP contribution in [0.3, 0.4) is 0 Å². The summed E-state index contributed by atoms with van der Waals surface area (Å²) in [6.07, 6.45) is 2.58. The van der Waals surface area contributed by atoms with Crippen LogP contribution in [-0.4, -0.2) is 34.3 Å². The van der Waals surface area contributed by atoms with E-state index >= 15 is 0 Å². The van der Waals surface area contributed by atoms with Crippen LogP contribution in [0.5, 0.6) is 0 Å². The van der Waals surface area contributed by atoms with Gasteiger partial charge < -0.3 is 15.7 Å². The lowest BCUT2D eigenvalue weighted by molar-refractivity contribution is 0.109. The Morgan fingerprint density at radius 1 is 1.37 bits per heavy atom. The molecule has 1 aliphatic heterocycles. The molecule has 0 bridgehead atoms. The molecule has 2 rings (SSSR count). The van der Waals surface area contributed by atoms with E-state index in [1.807, 2.05) is 20.8 Å². The summed E-state index contributed by atoms with van der Waals surface area (Å²) in [6, 6.07) is 0. The Balaban J connectivity index is 2.17. The van der Waals surface area contributed by atoms with Gasteiger partial charge in [-0.25, -0.2) is 9.97 Å². The van der Waals surface area contributed by atoms with Gasteiger partial charge in [0.15, 0.2) is 0 Å². The highest BCUT2D eigenvalue weighted by Crippen LogP contribution is 2.28. The van der Waals surface area contributed by atoms with E-state index in [9.17, 15) is 5.11 Å². The van der Waals surface area contributed by atoms with Crippen LogP contribution in [0.2, 0.25) is 0 Å². The Morgan fingerprint density at radius 3 is 2.53 bits per heavy atom. The van der Waals surface area contributed by atoms with Gasteiger partial charge in [-0.1, -0.05) is 6.92 Å². The molecule has 1 fully saturated rings. The van der Waals surface area contributed by atoms with Crippen LogP contribution >= 0.6 is 0 Å². The van der Waals surface area contributed by atoms with Crippen molar-refractivity contribution in [2.75, 3.05) is 23.7 Å². The number of aliphatic hydroxyl groups is 1. The van der Waals surface area contributed by atoms with Crippen molar-refractivity contribution in [1.29, 1.82) is 0 Å².